The normalized spacial score (nSPS) is 10.8. The Morgan fingerprint density at radius 1 is 1.17 bits per heavy atom. The number of hydrazone groups is 1. The number of phenolic OH excluding ortho intramolecular Hbond substituents is 1. The third-order valence-electron chi connectivity index (χ3n) is 3.99. The number of rotatable bonds is 6. The lowest BCUT2D eigenvalue weighted by atomic mass is 10.2. The largest absolute Gasteiger partial charge is 0.507 e. The van der Waals surface area contributed by atoms with Crippen LogP contribution in [0.2, 0.25) is 5.15 Å². The number of nitrogens with one attached hydrogen (secondary N) is 2. The first-order valence-electron chi connectivity index (χ1n) is 8.66. The van der Waals surface area contributed by atoms with Crippen molar-refractivity contribution in [1.29, 1.82) is 0 Å². The van der Waals surface area contributed by atoms with Crippen LogP contribution in [0, 0.1) is 6.92 Å². The molecule has 0 radical (unpaired) electrons. The van der Waals surface area contributed by atoms with Crippen LogP contribution in [0.3, 0.4) is 0 Å². The zero-order valence-corrected chi connectivity index (χ0v) is 16.2. The molecule has 9 heteroatoms. The molecule has 1 heterocycles. The van der Waals surface area contributed by atoms with Gasteiger partial charge in [0.2, 0.25) is 0 Å². The number of nitrogens with zero attached hydrogens (tertiary/aromatic N) is 3. The van der Waals surface area contributed by atoms with Gasteiger partial charge in [-0.1, -0.05) is 41.9 Å². The number of benzene rings is 2. The summed E-state index contributed by atoms with van der Waals surface area (Å²) < 4.78 is 1.58. The van der Waals surface area contributed by atoms with Crippen molar-refractivity contribution in [1.82, 2.24) is 20.5 Å². The van der Waals surface area contributed by atoms with Gasteiger partial charge in [-0.3, -0.25) is 9.59 Å². The number of hydrogen-bond donors (Lipinski definition) is 3. The molecule has 0 spiro atoms. The number of carbonyl (C=O) groups is 2. The van der Waals surface area contributed by atoms with Crippen LogP contribution in [0.1, 0.15) is 21.6 Å². The number of para-hydroxylation sites is 2. The van der Waals surface area contributed by atoms with Crippen LogP contribution in [0.5, 0.6) is 5.75 Å². The number of halogens is 1. The molecular weight excluding hydrogens is 394 g/mol. The standard InChI is InChI=1S/C20H18ClN5O3/c1-13-16(19(21)26(25-13)14-7-3-2-4-8-14)11-23-24-18(28)12-22-20(29)15-9-5-6-10-17(15)27/h2-11,27H,12H2,1H3,(H,22,29)(H,24,28). The second kappa shape index (κ2) is 9.03. The van der Waals surface area contributed by atoms with E-state index in [1.54, 1.807) is 23.7 Å². The minimum Gasteiger partial charge on any atom is -0.507 e. The van der Waals surface area contributed by atoms with Gasteiger partial charge in [-0.25, -0.2) is 10.1 Å². The van der Waals surface area contributed by atoms with Crippen LogP contribution in [-0.4, -0.2) is 39.5 Å². The molecule has 0 aliphatic rings. The number of carbonyl (C=O) groups excluding carboxylic acids is 2. The lowest BCUT2D eigenvalue weighted by Gasteiger charge is -2.05. The topological polar surface area (TPSA) is 109 Å². The fraction of sp³-hybridized carbons (Fsp3) is 0.100. The molecule has 3 rings (SSSR count). The van der Waals surface area contributed by atoms with Gasteiger partial charge in [-0.2, -0.15) is 10.2 Å². The Balaban J connectivity index is 1.59. The van der Waals surface area contributed by atoms with Gasteiger partial charge < -0.3 is 10.4 Å². The van der Waals surface area contributed by atoms with Crippen LogP contribution in [0.4, 0.5) is 0 Å². The van der Waals surface area contributed by atoms with Gasteiger partial charge in [0.1, 0.15) is 10.9 Å². The van der Waals surface area contributed by atoms with E-state index < -0.39 is 11.8 Å². The number of hydrogen-bond acceptors (Lipinski definition) is 5. The smallest absolute Gasteiger partial charge is 0.259 e. The predicted octanol–water partition coefficient (Wildman–Crippen LogP) is 2.42. The molecule has 29 heavy (non-hydrogen) atoms. The summed E-state index contributed by atoms with van der Waals surface area (Å²) in [6.45, 7) is 1.47. The van der Waals surface area contributed by atoms with E-state index in [4.69, 9.17) is 11.6 Å². The van der Waals surface area contributed by atoms with Gasteiger partial charge >= 0.3 is 0 Å². The van der Waals surface area contributed by atoms with E-state index in [2.05, 4.69) is 20.9 Å². The minimum atomic E-state index is -0.565. The van der Waals surface area contributed by atoms with Crippen LogP contribution >= 0.6 is 11.6 Å². The molecule has 0 atom stereocenters. The van der Waals surface area contributed by atoms with Crippen LogP contribution in [0.15, 0.2) is 59.7 Å². The van der Waals surface area contributed by atoms with E-state index in [9.17, 15) is 14.7 Å². The van der Waals surface area contributed by atoms with E-state index >= 15 is 0 Å². The molecule has 1 aromatic heterocycles. The Hall–Kier alpha value is -3.65. The van der Waals surface area contributed by atoms with Crippen molar-refractivity contribution in [2.24, 2.45) is 5.10 Å². The lowest BCUT2D eigenvalue weighted by Crippen LogP contribution is -2.34. The van der Waals surface area contributed by atoms with Gasteiger partial charge in [0, 0.05) is 0 Å². The molecule has 148 valence electrons. The summed E-state index contributed by atoms with van der Waals surface area (Å²) >= 11 is 6.38. The highest BCUT2D eigenvalue weighted by atomic mass is 35.5. The third-order valence-corrected chi connectivity index (χ3v) is 4.35. The molecule has 0 bridgehead atoms. The fourth-order valence-corrected chi connectivity index (χ4v) is 2.85. The number of amides is 2. The zero-order chi connectivity index (χ0) is 20.8. The Morgan fingerprint density at radius 2 is 1.86 bits per heavy atom. The summed E-state index contributed by atoms with van der Waals surface area (Å²) in [5, 5.41) is 20.7. The first-order chi connectivity index (χ1) is 14.0. The molecule has 0 saturated heterocycles. The predicted molar refractivity (Wildman–Crippen MR) is 109 cm³/mol. The van der Waals surface area contributed by atoms with Crippen molar-refractivity contribution in [2.75, 3.05) is 6.54 Å². The van der Waals surface area contributed by atoms with Crippen LogP contribution < -0.4 is 10.7 Å². The molecule has 0 saturated carbocycles. The van der Waals surface area contributed by atoms with Crippen molar-refractivity contribution < 1.29 is 14.7 Å². The molecule has 0 fully saturated rings. The average molecular weight is 412 g/mol. The first-order valence-corrected chi connectivity index (χ1v) is 9.04. The fourth-order valence-electron chi connectivity index (χ4n) is 2.53. The van der Waals surface area contributed by atoms with Crippen molar-refractivity contribution in [3.63, 3.8) is 0 Å². The number of aromatic hydroxyl groups is 1. The van der Waals surface area contributed by atoms with E-state index in [0.29, 0.717) is 16.4 Å². The van der Waals surface area contributed by atoms with Gasteiger partial charge in [-0.05, 0) is 31.2 Å². The molecule has 2 amide bonds. The van der Waals surface area contributed by atoms with E-state index in [-0.39, 0.29) is 17.9 Å². The second-order valence-electron chi connectivity index (χ2n) is 6.03. The van der Waals surface area contributed by atoms with Crippen molar-refractivity contribution in [2.45, 2.75) is 6.92 Å². The summed E-state index contributed by atoms with van der Waals surface area (Å²) in [5.41, 5.74) is 4.41. The van der Waals surface area contributed by atoms with Gasteiger partial charge in [-0.15, -0.1) is 0 Å². The van der Waals surface area contributed by atoms with E-state index in [0.717, 1.165) is 5.69 Å². The lowest BCUT2D eigenvalue weighted by molar-refractivity contribution is -0.120. The maximum atomic E-state index is 12.0. The van der Waals surface area contributed by atoms with Gasteiger partial charge in [0.25, 0.3) is 11.8 Å². The molecule has 8 nitrogen and oxygen atoms in total. The van der Waals surface area contributed by atoms with Crippen LogP contribution in [-0.2, 0) is 4.79 Å². The summed E-state index contributed by atoms with van der Waals surface area (Å²) in [4.78, 5) is 23.9. The highest BCUT2D eigenvalue weighted by Gasteiger charge is 2.14. The van der Waals surface area contributed by atoms with Gasteiger partial charge in [0.15, 0.2) is 0 Å². The number of aromatic nitrogens is 2. The first kappa shape index (κ1) is 20.1. The van der Waals surface area contributed by atoms with Crippen molar-refractivity contribution in [3.05, 3.63) is 76.6 Å². The Bertz CT molecular complexity index is 1060. The van der Waals surface area contributed by atoms with Gasteiger partial charge in [0.05, 0.1) is 35.3 Å². The minimum absolute atomic E-state index is 0.0829. The molecule has 0 aliphatic heterocycles. The Morgan fingerprint density at radius 3 is 2.59 bits per heavy atom. The summed E-state index contributed by atoms with van der Waals surface area (Å²) in [6, 6.07) is 15.4. The third kappa shape index (κ3) is 4.80. The number of phenols is 1. The zero-order valence-electron chi connectivity index (χ0n) is 15.5. The summed E-state index contributed by atoms with van der Waals surface area (Å²) in [6.07, 6.45) is 1.40. The summed E-state index contributed by atoms with van der Waals surface area (Å²) in [7, 11) is 0. The highest BCUT2D eigenvalue weighted by molar-refractivity contribution is 6.32. The van der Waals surface area contributed by atoms with Crippen molar-refractivity contribution in [3.8, 4) is 11.4 Å². The molecule has 0 aliphatic carbocycles. The molecule has 0 unspecified atom stereocenters. The quantitative estimate of drug-likeness (QED) is 0.427. The average Bonchev–Trinajstić information content (AvgIpc) is 3.01. The summed E-state index contributed by atoms with van der Waals surface area (Å²) in [5.74, 6) is -1.26. The van der Waals surface area contributed by atoms with E-state index in [1.807, 2.05) is 30.3 Å². The molecule has 3 N–H and O–H groups in total. The SMILES string of the molecule is Cc1nn(-c2ccccc2)c(Cl)c1C=NNC(=O)CNC(=O)c1ccccc1O. The van der Waals surface area contributed by atoms with E-state index in [1.165, 1.54) is 18.3 Å². The molecular formula is C20H18ClN5O3. The second-order valence-corrected chi connectivity index (χ2v) is 6.39. The van der Waals surface area contributed by atoms with Crippen LogP contribution in [0.25, 0.3) is 5.69 Å². The maximum absolute atomic E-state index is 12.0. The number of aryl methyl sites for hydroxylation is 1. The Labute approximate surface area is 171 Å². The van der Waals surface area contributed by atoms with Crippen molar-refractivity contribution >= 4 is 29.6 Å². The highest BCUT2D eigenvalue weighted by Crippen LogP contribution is 2.21. The molecule has 2 aromatic carbocycles. The maximum Gasteiger partial charge on any atom is 0.259 e. The Kier molecular flexibility index (Phi) is 6.25. The monoisotopic (exact) mass is 411 g/mol. The molecule has 3 aromatic rings.